The first-order chi connectivity index (χ1) is 12.8. The molecule has 0 aliphatic rings. The summed E-state index contributed by atoms with van der Waals surface area (Å²) in [6.45, 7) is 2.23. The molecule has 0 amide bonds. The summed E-state index contributed by atoms with van der Waals surface area (Å²) < 4.78 is 48.4. The summed E-state index contributed by atoms with van der Waals surface area (Å²) in [6.07, 6.45) is 2.87. The maximum absolute atomic E-state index is 12.5. The number of alkyl halides is 3. The van der Waals surface area contributed by atoms with Crippen molar-refractivity contribution in [1.82, 2.24) is 4.98 Å². The maximum atomic E-state index is 12.5. The highest BCUT2D eigenvalue weighted by atomic mass is 35.5. The molecule has 0 radical (unpaired) electrons. The Morgan fingerprint density at radius 3 is 2.70 bits per heavy atom. The van der Waals surface area contributed by atoms with Gasteiger partial charge in [-0.2, -0.15) is 18.3 Å². The molecule has 142 valence electrons. The number of rotatable bonds is 7. The van der Waals surface area contributed by atoms with Crippen molar-refractivity contribution in [3.05, 3.63) is 46.6 Å². The molecule has 2 rings (SSSR count). The van der Waals surface area contributed by atoms with Crippen molar-refractivity contribution >= 4 is 23.6 Å². The molecule has 0 fully saturated rings. The van der Waals surface area contributed by atoms with Crippen LogP contribution in [-0.2, 0) is 6.18 Å². The Hall–Kier alpha value is -2.92. The Balaban J connectivity index is 2.13. The van der Waals surface area contributed by atoms with Crippen LogP contribution >= 0.6 is 11.6 Å². The van der Waals surface area contributed by atoms with E-state index in [1.165, 1.54) is 12.3 Å². The van der Waals surface area contributed by atoms with Gasteiger partial charge in [-0.05, 0) is 36.8 Å². The molecular weight excluding hydrogens is 383 g/mol. The lowest BCUT2D eigenvalue weighted by Gasteiger charge is -2.12. The lowest BCUT2D eigenvalue weighted by atomic mass is 10.2. The predicted molar refractivity (Wildman–Crippen MR) is 97.4 cm³/mol. The number of benzene rings is 1. The third-order valence-corrected chi connectivity index (χ3v) is 3.40. The normalized spacial score (nSPS) is 11.3. The van der Waals surface area contributed by atoms with Crippen molar-refractivity contribution in [3.63, 3.8) is 0 Å². The standard InChI is InChI=1S/C18H15ClF3N3O2/c1-3-7-27-17-14(19)8-12(9-15(17)26-4-2)10-24-25-16-6-5-13(11-23-16)18(20,21)22/h1,5-6,8-11H,4,7H2,2H3,(H,23,25)/b24-10-. The first-order valence-corrected chi connectivity index (χ1v) is 8.08. The van der Waals surface area contributed by atoms with Crippen LogP contribution in [0.25, 0.3) is 0 Å². The molecule has 2 aromatic rings. The molecule has 0 bridgehead atoms. The summed E-state index contributed by atoms with van der Waals surface area (Å²) >= 11 is 6.19. The Morgan fingerprint density at radius 2 is 2.11 bits per heavy atom. The van der Waals surface area contributed by atoms with Gasteiger partial charge in [-0.15, -0.1) is 6.42 Å². The lowest BCUT2D eigenvalue weighted by molar-refractivity contribution is -0.137. The van der Waals surface area contributed by atoms with Crippen molar-refractivity contribution < 1.29 is 22.6 Å². The van der Waals surface area contributed by atoms with E-state index in [1.54, 1.807) is 19.1 Å². The number of terminal acetylenes is 1. The summed E-state index contributed by atoms with van der Waals surface area (Å²) in [7, 11) is 0. The zero-order chi connectivity index (χ0) is 19.9. The molecule has 27 heavy (non-hydrogen) atoms. The first kappa shape index (κ1) is 20.4. The van der Waals surface area contributed by atoms with Gasteiger partial charge >= 0.3 is 6.18 Å². The molecule has 0 atom stereocenters. The Bertz CT molecular complexity index is 847. The molecule has 0 aliphatic heterocycles. The van der Waals surface area contributed by atoms with E-state index < -0.39 is 11.7 Å². The third kappa shape index (κ3) is 5.79. The molecule has 5 nitrogen and oxygen atoms in total. The first-order valence-electron chi connectivity index (χ1n) is 7.70. The highest BCUT2D eigenvalue weighted by Gasteiger charge is 2.30. The van der Waals surface area contributed by atoms with Crippen LogP contribution in [0.3, 0.4) is 0 Å². The van der Waals surface area contributed by atoms with Gasteiger partial charge in [0.25, 0.3) is 0 Å². The average Bonchev–Trinajstić information content (AvgIpc) is 2.61. The van der Waals surface area contributed by atoms with Crippen molar-refractivity contribution in [1.29, 1.82) is 0 Å². The molecule has 0 saturated carbocycles. The number of nitrogens with zero attached hydrogens (tertiary/aromatic N) is 2. The summed E-state index contributed by atoms with van der Waals surface area (Å²) in [4.78, 5) is 3.65. The number of hydrogen-bond acceptors (Lipinski definition) is 5. The Labute approximate surface area is 159 Å². The van der Waals surface area contributed by atoms with Gasteiger partial charge in [-0.25, -0.2) is 4.98 Å². The second-order valence-corrected chi connectivity index (χ2v) is 5.46. The highest BCUT2D eigenvalue weighted by Crippen LogP contribution is 2.36. The van der Waals surface area contributed by atoms with Crippen LogP contribution in [0.1, 0.15) is 18.1 Å². The van der Waals surface area contributed by atoms with E-state index in [4.69, 9.17) is 27.5 Å². The van der Waals surface area contributed by atoms with E-state index in [2.05, 4.69) is 21.4 Å². The summed E-state index contributed by atoms with van der Waals surface area (Å²) in [5, 5.41) is 4.21. The predicted octanol–water partition coefficient (Wildman–Crippen LogP) is 4.61. The van der Waals surface area contributed by atoms with Gasteiger partial charge in [-0.3, -0.25) is 5.43 Å². The molecule has 0 spiro atoms. The van der Waals surface area contributed by atoms with Crippen LogP contribution in [-0.4, -0.2) is 24.4 Å². The van der Waals surface area contributed by atoms with Gasteiger partial charge in [0.05, 0.1) is 23.4 Å². The zero-order valence-electron chi connectivity index (χ0n) is 14.2. The fourth-order valence-corrected chi connectivity index (χ4v) is 2.25. The number of ether oxygens (including phenoxy) is 2. The molecule has 9 heteroatoms. The molecule has 1 N–H and O–H groups in total. The number of hydrazone groups is 1. The molecule has 1 heterocycles. The average molecular weight is 398 g/mol. The van der Waals surface area contributed by atoms with Gasteiger partial charge in [0.1, 0.15) is 12.4 Å². The summed E-state index contributed by atoms with van der Waals surface area (Å²) in [5.41, 5.74) is 2.28. The van der Waals surface area contributed by atoms with E-state index in [-0.39, 0.29) is 17.4 Å². The van der Waals surface area contributed by atoms with Crippen molar-refractivity contribution in [2.24, 2.45) is 5.10 Å². The van der Waals surface area contributed by atoms with Crippen molar-refractivity contribution in [3.8, 4) is 23.8 Å². The van der Waals surface area contributed by atoms with Gasteiger partial charge in [0.2, 0.25) is 0 Å². The second-order valence-electron chi connectivity index (χ2n) is 5.06. The molecule has 0 unspecified atom stereocenters. The van der Waals surface area contributed by atoms with Crippen LogP contribution in [0.2, 0.25) is 5.02 Å². The van der Waals surface area contributed by atoms with E-state index in [0.717, 1.165) is 12.3 Å². The van der Waals surface area contributed by atoms with Crippen LogP contribution in [0, 0.1) is 12.3 Å². The number of hydrogen-bond donors (Lipinski definition) is 1. The summed E-state index contributed by atoms with van der Waals surface area (Å²) in [5.74, 6) is 3.22. The maximum Gasteiger partial charge on any atom is 0.417 e. The molecule has 1 aromatic heterocycles. The highest BCUT2D eigenvalue weighted by molar-refractivity contribution is 6.32. The second kappa shape index (κ2) is 9.14. The third-order valence-electron chi connectivity index (χ3n) is 3.12. The van der Waals surface area contributed by atoms with Crippen molar-refractivity contribution in [2.45, 2.75) is 13.1 Å². The Morgan fingerprint density at radius 1 is 1.33 bits per heavy atom. The van der Waals surface area contributed by atoms with Crippen LogP contribution in [0.4, 0.5) is 19.0 Å². The van der Waals surface area contributed by atoms with Crippen molar-refractivity contribution in [2.75, 3.05) is 18.6 Å². The SMILES string of the molecule is C#CCOc1c(Cl)cc(/C=N\Nc2ccc(C(F)(F)F)cn2)cc1OCC. The fraction of sp³-hybridized carbons (Fsp3) is 0.222. The van der Waals surface area contributed by atoms with E-state index >= 15 is 0 Å². The Kier molecular flexibility index (Phi) is 6.91. The van der Waals surface area contributed by atoms with E-state index in [1.807, 2.05) is 0 Å². The van der Waals surface area contributed by atoms with Crippen LogP contribution in [0.5, 0.6) is 11.5 Å². The quantitative estimate of drug-likeness (QED) is 0.421. The molecular formula is C18H15ClF3N3O2. The number of pyridine rings is 1. The molecule has 0 aliphatic carbocycles. The summed E-state index contributed by atoms with van der Waals surface area (Å²) in [6, 6.07) is 5.32. The number of halogens is 4. The van der Waals surface area contributed by atoms with Gasteiger partial charge in [0, 0.05) is 6.20 Å². The monoisotopic (exact) mass is 397 g/mol. The zero-order valence-corrected chi connectivity index (χ0v) is 14.9. The number of aromatic nitrogens is 1. The molecule has 0 saturated heterocycles. The number of nitrogens with one attached hydrogen (secondary N) is 1. The van der Waals surface area contributed by atoms with Crippen LogP contribution < -0.4 is 14.9 Å². The fourth-order valence-electron chi connectivity index (χ4n) is 1.98. The minimum absolute atomic E-state index is 0.0361. The van der Waals surface area contributed by atoms with E-state index in [9.17, 15) is 13.2 Å². The smallest absolute Gasteiger partial charge is 0.417 e. The van der Waals surface area contributed by atoms with Gasteiger partial charge < -0.3 is 9.47 Å². The van der Waals surface area contributed by atoms with Gasteiger partial charge in [-0.1, -0.05) is 17.5 Å². The van der Waals surface area contributed by atoms with Crippen LogP contribution in [0.15, 0.2) is 35.6 Å². The largest absolute Gasteiger partial charge is 0.490 e. The van der Waals surface area contributed by atoms with E-state index in [0.29, 0.717) is 23.7 Å². The minimum Gasteiger partial charge on any atom is -0.490 e. The van der Waals surface area contributed by atoms with Gasteiger partial charge in [0.15, 0.2) is 11.5 Å². The lowest BCUT2D eigenvalue weighted by Crippen LogP contribution is -2.05. The number of anilines is 1. The topological polar surface area (TPSA) is 55.7 Å². The molecule has 1 aromatic carbocycles. The minimum atomic E-state index is -4.44.